The molecule has 0 spiro atoms. The van der Waals surface area contributed by atoms with Crippen LogP contribution < -0.4 is 0 Å². The van der Waals surface area contributed by atoms with Gasteiger partial charge in [0.15, 0.2) is 0 Å². The minimum Gasteiger partial charge on any atom is -0.455 e. The van der Waals surface area contributed by atoms with Crippen molar-refractivity contribution in [3.8, 4) is 11.3 Å². The molecule has 2 heteroatoms. The molecule has 0 atom stereocenters. The molecule has 138 valence electrons. The first-order valence-corrected chi connectivity index (χ1v) is 9.90. The van der Waals surface area contributed by atoms with Crippen molar-refractivity contribution in [2.24, 2.45) is 0 Å². The molecule has 0 saturated heterocycles. The number of rotatable bonds is 1. The molecule has 6 rings (SSSR count). The highest BCUT2D eigenvalue weighted by molar-refractivity contribution is 6.23. The van der Waals surface area contributed by atoms with E-state index in [1.807, 2.05) is 6.20 Å². The Labute approximate surface area is 168 Å². The van der Waals surface area contributed by atoms with Crippen molar-refractivity contribution in [3.05, 3.63) is 90.1 Å². The molecule has 0 amide bonds. The Hall–Kier alpha value is -3.65. The fraction of sp³-hybridized carbons (Fsp3) is 0.0741. The summed E-state index contributed by atoms with van der Waals surface area (Å²) in [5.74, 6) is 0. The first-order valence-electron chi connectivity index (χ1n) is 9.90. The van der Waals surface area contributed by atoms with E-state index in [4.69, 9.17) is 4.42 Å². The van der Waals surface area contributed by atoms with Gasteiger partial charge in [-0.1, -0.05) is 54.6 Å². The Kier molecular flexibility index (Phi) is 3.33. The van der Waals surface area contributed by atoms with Crippen molar-refractivity contribution in [3.63, 3.8) is 0 Å². The van der Waals surface area contributed by atoms with E-state index in [-0.39, 0.29) is 0 Å². The SMILES string of the molecule is Cc1cnc(-c2cccc3c2oc2c3ccc3ccc4ccccc4c32)cc1C. The smallest absolute Gasteiger partial charge is 0.144 e. The molecule has 0 fully saturated rings. The first kappa shape index (κ1) is 16.3. The molecule has 0 bridgehead atoms. The van der Waals surface area contributed by atoms with Gasteiger partial charge >= 0.3 is 0 Å². The topological polar surface area (TPSA) is 26.0 Å². The molecule has 29 heavy (non-hydrogen) atoms. The fourth-order valence-corrected chi connectivity index (χ4v) is 4.32. The summed E-state index contributed by atoms with van der Waals surface area (Å²) < 4.78 is 6.59. The molecule has 2 heterocycles. The molecule has 2 aromatic heterocycles. The molecular weight excluding hydrogens is 354 g/mol. The number of fused-ring (bicyclic) bond motifs is 7. The lowest BCUT2D eigenvalue weighted by molar-refractivity contribution is 0.674. The third-order valence-corrected chi connectivity index (χ3v) is 6.02. The number of hydrogen-bond acceptors (Lipinski definition) is 2. The van der Waals surface area contributed by atoms with Gasteiger partial charge in [0.1, 0.15) is 11.2 Å². The van der Waals surface area contributed by atoms with E-state index >= 15 is 0 Å². The van der Waals surface area contributed by atoms with E-state index in [9.17, 15) is 0 Å². The molecule has 0 N–H and O–H groups in total. The number of hydrogen-bond donors (Lipinski definition) is 0. The zero-order valence-corrected chi connectivity index (χ0v) is 16.4. The summed E-state index contributed by atoms with van der Waals surface area (Å²) in [6.07, 6.45) is 1.94. The van der Waals surface area contributed by atoms with Crippen LogP contribution in [0.2, 0.25) is 0 Å². The van der Waals surface area contributed by atoms with E-state index in [0.717, 1.165) is 33.2 Å². The lowest BCUT2D eigenvalue weighted by atomic mass is 9.99. The third kappa shape index (κ3) is 2.32. The number of furan rings is 1. The quantitative estimate of drug-likeness (QED) is 0.278. The molecule has 0 saturated carbocycles. The van der Waals surface area contributed by atoms with Gasteiger partial charge in [-0.25, -0.2) is 0 Å². The Balaban J connectivity index is 1.77. The van der Waals surface area contributed by atoms with Gasteiger partial charge in [-0.05, 0) is 59.3 Å². The predicted octanol–water partition coefficient (Wildman–Crippen LogP) is 7.57. The van der Waals surface area contributed by atoms with Crippen molar-refractivity contribution < 1.29 is 4.42 Å². The van der Waals surface area contributed by atoms with Gasteiger partial charge in [-0.2, -0.15) is 0 Å². The van der Waals surface area contributed by atoms with Crippen molar-refractivity contribution >= 4 is 43.5 Å². The Morgan fingerprint density at radius 1 is 0.655 bits per heavy atom. The van der Waals surface area contributed by atoms with Crippen LogP contribution in [0.1, 0.15) is 11.1 Å². The van der Waals surface area contributed by atoms with Crippen LogP contribution in [0.4, 0.5) is 0 Å². The second-order valence-corrected chi connectivity index (χ2v) is 7.77. The van der Waals surface area contributed by atoms with Crippen LogP contribution in [-0.2, 0) is 0 Å². The Morgan fingerprint density at radius 2 is 1.41 bits per heavy atom. The van der Waals surface area contributed by atoms with E-state index in [0.29, 0.717) is 0 Å². The highest BCUT2D eigenvalue weighted by Gasteiger charge is 2.16. The van der Waals surface area contributed by atoms with Crippen LogP contribution in [0, 0.1) is 13.8 Å². The van der Waals surface area contributed by atoms with Crippen LogP contribution >= 0.6 is 0 Å². The van der Waals surface area contributed by atoms with Gasteiger partial charge in [0.2, 0.25) is 0 Å². The maximum atomic E-state index is 6.59. The summed E-state index contributed by atoms with van der Waals surface area (Å²) in [5.41, 5.74) is 6.27. The van der Waals surface area contributed by atoms with Crippen molar-refractivity contribution in [1.29, 1.82) is 0 Å². The van der Waals surface area contributed by atoms with Gasteiger partial charge in [-0.15, -0.1) is 0 Å². The van der Waals surface area contributed by atoms with Crippen LogP contribution in [0.15, 0.2) is 83.4 Å². The zero-order chi connectivity index (χ0) is 19.5. The number of benzene rings is 4. The minimum absolute atomic E-state index is 0.902. The first-order chi connectivity index (χ1) is 14.2. The maximum Gasteiger partial charge on any atom is 0.144 e. The molecule has 0 radical (unpaired) electrons. The second-order valence-electron chi connectivity index (χ2n) is 7.77. The molecular formula is C27H19NO. The lowest BCUT2D eigenvalue weighted by Crippen LogP contribution is -1.88. The average Bonchev–Trinajstić information content (AvgIpc) is 3.14. The summed E-state index contributed by atoms with van der Waals surface area (Å²) >= 11 is 0. The van der Waals surface area contributed by atoms with E-state index in [1.54, 1.807) is 0 Å². The van der Waals surface area contributed by atoms with Crippen molar-refractivity contribution in [1.82, 2.24) is 4.98 Å². The highest BCUT2D eigenvalue weighted by Crippen LogP contribution is 2.40. The molecule has 2 nitrogen and oxygen atoms in total. The molecule has 0 aliphatic rings. The summed E-state index contributed by atoms with van der Waals surface area (Å²) in [4.78, 5) is 4.68. The van der Waals surface area contributed by atoms with Gasteiger partial charge in [-0.3, -0.25) is 4.98 Å². The van der Waals surface area contributed by atoms with Gasteiger partial charge in [0.25, 0.3) is 0 Å². The largest absolute Gasteiger partial charge is 0.455 e. The zero-order valence-electron chi connectivity index (χ0n) is 16.4. The van der Waals surface area contributed by atoms with E-state index in [2.05, 4.69) is 91.6 Å². The molecule has 0 unspecified atom stereocenters. The van der Waals surface area contributed by atoms with Gasteiger partial charge in [0.05, 0.1) is 5.69 Å². The van der Waals surface area contributed by atoms with Crippen LogP contribution in [0.5, 0.6) is 0 Å². The van der Waals surface area contributed by atoms with Crippen LogP contribution in [0.3, 0.4) is 0 Å². The molecule has 6 aromatic rings. The lowest BCUT2D eigenvalue weighted by Gasteiger charge is -2.05. The van der Waals surface area contributed by atoms with Gasteiger partial charge in [0, 0.05) is 27.9 Å². The Morgan fingerprint density at radius 3 is 2.31 bits per heavy atom. The van der Waals surface area contributed by atoms with E-state index < -0.39 is 0 Å². The van der Waals surface area contributed by atoms with Crippen LogP contribution in [0.25, 0.3) is 54.7 Å². The summed E-state index contributed by atoms with van der Waals surface area (Å²) in [7, 11) is 0. The Bertz CT molecular complexity index is 1570. The molecule has 0 aliphatic heterocycles. The minimum atomic E-state index is 0.902. The fourth-order valence-electron chi connectivity index (χ4n) is 4.32. The highest BCUT2D eigenvalue weighted by atomic mass is 16.3. The number of aryl methyl sites for hydroxylation is 2. The third-order valence-electron chi connectivity index (χ3n) is 6.02. The summed E-state index contributed by atoms with van der Waals surface area (Å²) in [6, 6.07) is 25.7. The predicted molar refractivity (Wildman–Crippen MR) is 121 cm³/mol. The summed E-state index contributed by atoms with van der Waals surface area (Å²) in [5, 5.41) is 7.10. The monoisotopic (exact) mass is 373 g/mol. The number of pyridine rings is 1. The summed E-state index contributed by atoms with van der Waals surface area (Å²) in [6.45, 7) is 4.21. The van der Waals surface area contributed by atoms with Gasteiger partial charge < -0.3 is 4.42 Å². The average molecular weight is 373 g/mol. The number of nitrogens with zero attached hydrogens (tertiary/aromatic N) is 1. The van der Waals surface area contributed by atoms with Crippen LogP contribution in [-0.4, -0.2) is 4.98 Å². The maximum absolute atomic E-state index is 6.59. The standard InChI is InChI=1S/C27H19NO/c1-16-14-24(28-15-17(16)2)23-9-5-8-21-22-13-12-19-11-10-18-6-3-4-7-20(18)25(19)27(22)29-26(21)23/h3-15H,1-2H3. The molecule has 4 aromatic carbocycles. The normalized spacial score (nSPS) is 11.8. The van der Waals surface area contributed by atoms with E-state index in [1.165, 1.54) is 32.7 Å². The number of para-hydroxylation sites is 1. The molecule has 0 aliphatic carbocycles. The van der Waals surface area contributed by atoms with Crippen molar-refractivity contribution in [2.45, 2.75) is 13.8 Å². The number of aromatic nitrogens is 1. The van der Waals surface area contributed by atoms with Crippen molar-refractivity contribution in [2.75, 3.05) is 0 Å². The second kappa shape index (κ2) is 5.92.